The van der Waals surface area contributed by atoms with Crippen LogP contribution in [0.1, 0.15) is 52.0 Å². The number of nitrogen functional groups attached to an aromatic ring is 1. The van der Waals surface area contributed by atoms with E-state index in [9.17, 15) is 0 Å². The molecule has 1 aromatic heterocycles. The van der Waals surface area contributed by atoms with Gasteiger partial charge < -0.3 is 25.4 Å². The highest BCUT2D eigenvalue weighted by Gasteiger charge is 2.31. The average molecular weight is 457 g/mol. The summed E-state index contributed by atoms with van der Waals surface area (Å²) in [5.41, 5.74) is 6.70. The van der Waals surface area contributed by atoms with Crippen LogP contribution in [0.25, 0.3) is 0 Å². The van der Waals surface area contributed by atoms with E-state index < -0.39 is 0 Å². The van der Waals surface area contributed by atoms with E-state index in [4.69, 9.17) is 19.9 Å². The first-order valence-electron chi connectivity index (χ1n) is 9.92. The van der Waals surface area contributed by atoms with Gasteiger partial charge in [-0.25, -0.2) is 0 Å². The minimum absolute atomic E-state index is 0. The lowest BCUT2D eigenvalue weighted by Gasteiger charge is -2.42. The fraction of sp³-hybridized carbons (Fsp3) is 0.842. The van der Waals surface area contributed by atoms with E-state index in [-0.39, 0.29) is 30.3 Å². The molecule has 8 nitrogen and oxygen atoms in total. The number of aromatic nitrogens is 2. The van der Waals surface area contributed by atoms with E-state index in [1.54, 1.807) is 7.11 Å². The molecule has 2 heterocycles. The molecule has 3 rings (SSSR count). The first kappa shape index (κ1) is 28.2. The van der Waals surface area contributed by atoms with Crippen LogP contribution in [0.4, 0.5) is 5.69 Å². The number of ether oxygens (including phenoxy) is 3. The van der Waals surface area contributed by atoms with Crippen LogP contribution in [0.2, 0.25) is 0 Å². The van der Waals surface area contributed by atoms with Crippen molar-refractivity contribution >= 4 is 30.5 Å². The van der Waals surface area contributed by atoms with Crippen molar-refractivity contribution in [2.45, 2.75) is 70.2 Å². The van der Waals surface area contributed by atoms with Gasteiger partial charge in [0.15, 0.2) is 0 Å². The highest BCUT2D eigenvalue weighted by atomic mass is 35.5. The Bertz CT molecular complexity index is 560. The van der Waals surface area contributed by atoms with E-state index in [1.807, 2.05) is 10.9 Å². The summed E-state index contributed by atoms with van der Waals surface area (Å²) in [5.74, 6) is 0.555. The molecule has 0 unspecified atom stereocenters. The van der Waals surface area contributed by atoms with Gasteiger partial charge in [0, 0.05) is 39.3 Å². The molecule has 29 heavy (non-hydrogen) atoms. The van der Waals surface area contributed by atoms with Crippen LogP contribution in [0.5, 0.6) is 5.88 Å². The molecular weight excluding hydrogens is 419 g/mol. The number of hydrogen-bond donors (Lipinski definition) is 1. The fourth-order valence-corrected chi connectivity index (χ4v) is 4.26. The number of nitrogens with zero attached hydrogens (tertiary/aromatic N) is 3. The van der Waals surface area contributed by atoms with Gasteiger partial charge in [0.25, 0.3) is 5.88 Å². The summed E-state index contributed by atoms with van der Waals surface area (Å²) in [5, 5.41) is 4.59. The normalized spacial score (nSPS) is 27.3. The predicted octanol–water partition coefficient (Wildman–Crippen LogP) is 2.49. The van der Waals surface area contributed by atoms with Crippen molar-refractivity contribution in [1.82, 2.24) is 14.7 Å². The zero-order chi connectivity index (χ0) is 18.5. The van der Waals surface area contributed by atoms with E-state index in [2.05, 4.69) is 23.8 Å². The molecule has 1 aliphatic carbocycles. The smallest absolute Gasteiger partial charge is 0.256 e. The molecule has 10 heteroatoms. The average Bonchev–Trinajstić information content (AvgIpc) is 2.99. The van der Waals surface area contributed by atoms with Crippen molar-refractivity contribution in [3.63, 3.8) is 0 Å². The molecular formula is C19H38Cl2N4O4. The SMILES string of the molecule is COCCCOc1nn(C2CCC(N3C[C@@H](C)O[C@@H](C)C3)CC2)cc1N.Cl.Cl.O. The van der Waals surface area contributed by atoms with Gasteiger partial charge in [-0.1, -0.05) is 0 Å². The maximum absolute atomic E-state index is 6.08. The number of halogens is 2. The fourth-order valence-electron chi connectivity index (χ4n) is 4.26. The number of morpholine rings is 1. The summed E-state index contributed by atoms with van der Waals surface area (Å²) in [6, 6.07) is 1.08. The highest BCUT2D eigenvalue weighted by Crippen LogP contribution is 2.33. The van der Waals surface area contributed by atoms with Crippen LogP contribution in [0, 0.1) is 0 Å². The maximum Gasteiger partial charge on any atom is 0.256 e. The molecule has 0 bridgehead atoms. The van der Waals surface area contributed by atoms with Gasteiger partial charge in [0.05, 0.1) is 31.1 Å². The van der Waals surface area contributed by atoms with Crippen molar-refractivity contribution in [3.05, 3.63) is 6.20 Å². The molecule has 0 aromatic carbocycles. The lowest BCUT2D eigenvalue weighted by Crippen LogP contribution is -2.51. The second-order valence-corrected chi connectivity index (χ2v) is 7.74. The van der Waals surface area contributed by atoms with E-state index >= 15 is 0 Å². The van der Waals surface area contributed by atoms with Gasteiger partial charge in [-0.2, -0.15) is 0 Å². The molecule has 4 N–H and O–H groups in total. The van der Waals surface area contributed by atoms with E-state index in [0.717, 1.165) is 32.4 Å². The lowest BCUT2D eigenvalue weighted by molar-refractivity contribution is -0.0852. The lowest BCUT2D eigenvalue weighted by atomic mass is 9.89. The second-order valence-electron chi connectivity index (χ2n) is 7.74. The number of nitrogens with two attached hydrogens (primary N) is 1. The number of rotatable bonds is 7. The van der Waals surface area contributed by atoms with Crippen LogP contribution < -0.4 is 10.5 Å². The molecule has 1 aliphatic heterocycles. The number of methoxy groups -OCH3 is 1. The monoisotopic (exact) mass is 456 g/mol. The molecule has 2 fully saturated rings. The van der Waals surface area contributed by atoms with Gasteiger partial charge >= 0.3 is 0 Å². The number of anilines is 1. The molecule has 0 amide bonds. The largest absolute Gasteiger partial charge is 0.475 e. The summed E-state index contributed by atoms with van der Waals surface area (Å²) >= 11 is 0. The maximum atomic E-state index is 6.08. The predicted molar refractivity (Wildman–Crippen MR) is 120 cm³/mol. The minimum Gasteiger partial charge on any atom is -0.475 e. The molecule has 1 saturated heterocycles. The van der Waals surface area contributed by atoms with Crippen LogP contribution in [0.15, 0.2) is 6.20 Å². The Balaban J connectivity index is 0.00000261. The quantitative estimate of drug-likeness (QED) is 0.631. The summed E-state index contributed by atoms with van der Waals surface area (Å²) in [6.07, 6.45) is 8.10. The Morgan fingerprint density at radius 1 is 1.07 bits per heavy atom. The zero-order valence-electron chi connectivity index (χ0n) is 17.7. The van der Waals surface area contributed by atoms with Gasteiger partial charge in [-0.3, -0.25) is 9.58 Å². The molecule has 1 saturated carbocycles. The Kier molecular flexibility index (Phi) is 13.2. The van der Waals surface area contributed by atoms with Crippen LogP contribution in [-0.4, -0.2) is 71.8 Å². The summed E-state index contributed by atoms with van der Waals surface area (Å²) in [7, 11) is 1.69. The van der Waals surface area contributed by atoms with Crippen LogP contribution >= 0.6 is 24.8 Å². The Labute approximate surface area is 186 Å². The molecule has 2 aliphatic rings. The van der Waals surface area contributed by atoms with E-state index in [1.165, 1.54) is 12.8 Å². The third-order valence-corrected chi connectivity index (χ3v) is 5.46. The van der Waals surface area contributed by atoms with Crippen molar-refractivity contribution in [3.8, 4) is 5.88 Å². The minimum atomic E-state index is 0. The van der Waals surface area contributed by atoms with Crippen molar-refractivity contribution in [1.29, 1.82) is 0 Å². The Morgan fingerprint density at radius 3 is 2.24 bits per heavy atom. The molecule has 1 aromatic rings. The Morgan fingerprint density at radius 2 is 1.66 bits per heavy atom. The van der Waals surface area contributed by atoms with Gasteiger partial charge in [0.1, 0.15) is 5.69 Å². The third kappa shape index (κ3) is 7.77. The first-order valence-corrected chi connectivity index (χ1v) is 9.92. The highest BCUT2D eigenvalue weighted by molar-refractivity contribution is 5.85. The standard InChI is InChI=1S/C19H34N4O3.2ClH.H2O/c1-14-11-22(12-15(2)26-14)16-5-7-17(8-6-16)23-13-18(20)19(21-23)25-10-4-9-24-3;;;/h13-17H,4-12,20H2,1-3H3;2*1H;1H2/t14-,15+,16?,17?;;;. The summed E-state index contributed by atoms with van der Waals surface area (Å²) in [6.45, 7) is 7.71. The molecule has 172 valence electrons. The van der Waals surface area contributed by atoms with Gasteiger partial charge in [-0.15, -0.1) is 29.9 Å². The summed E-state index contributed by atoms with van der Waals surface area (Å²) in [4.78, 5) is 2.62. The van der Waals surface area contributed by atoms with Crippen LogP contribution in [-0.2, 0) is 9.47 Å². The zero-order valence-corrected chi connectivity index (χ0v) is 19.3. The van der Waals surface area contributed by atoms with E-state index in [0.29, 0.717) is 49.1 Å². The van der Waals surface area contributed by atoms with Gasteiger partial charge in [-0.05, 0) is 39.5 Å². The Hall–Kier alpha value is -0.770. The second kappa shape index (κ2) is 13.5. The van der Waals surface area contributed by atoms with Crippen LogP contribution in [0.3, 0.4) is 0 Å². The van der Waals surface area contributed by atoms with Gasteiger partial charge in [0.2, 0.25) is 0 Å². The molecule has 0 spiro atoms. The first-order chi connectivity index (χ1) is 12.6. The summed E-state index contributed by atoms with van der Waals surface area (Å²) < 4.78 is 18.6. The molecule has 0 radical (unpaired) electrons. The van der Waals surface area contributed by atoms with Crippen molar-refractivity contribution < 1.29 is 19.7 Å². The third-order valence-electron chi connectivity index (χ3n) is 5.46. The topological polar surface area (TPSA) is 106 Å². The van der Waals surface area contributed by atoms with Crippen molar-refractivity contribution in [2.24, 2.45) is 0 Å². The molecule has 2 atom stereocenters. The van der Waals surface area contributed by atoms with Crippen molar-refractivity contribution in [2.75, 3.05) is 39.1 Å². The number of hydrogen-bond acceptors (Lipinski definition) is 6.